The van der Waals surface area contributed by atoms with Gasteiger partial charge in [-0.1, -0.05) is 0 Å². The van der Waals surface area contributed by atoms with Gasteiger partial charge in [0, 0.05) is 14.8 Å². The first-order valence-electron chi connectivity index (χ1n) is 5.60. The van der Waals surface area contributed by atoms with Gasteiger partial charge in [0.15, 0.2) is 0 Å². The van der Waals surface area contributed by atoms with Crippen LogP contribution in [0.1, 0.15) is 5.56 Å². The lowest BCUT2D eigenvalue weighted by Gasteiger charge is -2.09. The van der Waals surface area contributed by atoms with Gasteiger partial charge in [0.1, 0.15) is 5.82 Å². The lowest BCUT2D eigenvalue weighted by Crippen LogP contribution is -2.13. The summed E-state index contributed by atoms with van der Waals surface area (Å²) < 4.78 is 40.9. The lowest BCUT2D eigenvalue weighted by atomic mass is 10.2. The van der Waals surface area contributed by atoms with Gasteiger partial charge in [-0.05, 0) is 65.1 Å². The minimum Gasteiger partial charge on any atom is -0.392 e. The number of hydrogen-bond acceptors (Lipinski definition) is 3. The van der Waals surface area contributed by atoms with E-state index in [1.54, 1.807) is 24.3 Å². The van der Waals surface area contributed by atoms with Gasteiger partial charge in [-0.2, -0.15) is 0 Å². The highest BCUT2D eigenvalue weighted by Gasteiger charge is 2.16. The predicted octanol–water partition coefficient (Wildman–Crippen LogP) is 2.72. The van der Waals surface area contributed by atoms with Crippen LogP contribution in [0.15, 0.2) is 47.4 Å². The lowest BCUT2D eigenvalue weighted by molar-refractivity contribution is 0.275. The number of rotatable bonds is 4. The van der Waals surface area contributed by atoms with Gasteiger partial charge in [-0.15, -0.1) is 0 Å². The van der Waals surface area contributed by atoms with Crippen LogP contribution in [0.25, 0.3) is 0 Å². The predicted molar refractivity (Wildman–Crippen MR) is 82.3 cm³/mol. The summed E-state index contributed by atoms with van der Waals surface area (Å²) in [6.45, 7) is -0.557. The van der Waals surface area contributed by atoms with Crippen LogP contribution in [0, 0.1) is 9.39 Å². The van der Waals surface area contributed by atoms with Crippen LogP contribution in [0.5, 0.6) is 0 Å². The number of anilines is 1. The van der Waals surface area contributed by atoms with Crippen molar-refractivity contribution in [2.75, 3.05) is 4.72 Å². The molecule has 0 aliphatic carbocycles. The highest BCUT2D eigenvalue weighted by molar-refractivity contribution is 14.1. The fraction of sp³-hybridized carbons (Fsp3) is 0.0769. The topological polar surface area (TPSA) is 66.4 Å². The Labute approximate surface area is 129 Å². The molecule has 2 aromatic carbocycles. The molecule has 0 spiro atoms. The van der Waals surface area contributed by atoms with Crippen molar-refractivity contribution < 1.29 is 17.9 Å². The molecule has 0 heterocycles. The smallest absolute Gasteiger partial charge is 0.261 e. The zero-order valence-electron chi connectivity index (χ0n) is 10.2. The molecule has 4 nitrogen and oxygen atoms in total. The van der Waals surface area contributed by atoms with E-state index >= 15 is 0 Å². The van der Waals surface area contributed by atoms with Gasteiger partial charge in [-0.25, -0.2) is 12.8 Å². The van der Waals surface area contributed by atoms with Gasteiger partial charge in [-0.3, -0.25) is 4.72 Å². The molecule has 106 valence electrons. The van der Waals surface area contributed by atoms with Crippen molar-refractivity contribution in [3.8, 4) is 0 Å². The molecule has 2 aromatic rings. The molecule has 7 heteroatoms. The molecule has 0 atom stereocenters. The summed E-state index contributed by atoms with van der Waals surface area (Å²) in [4.78, 5) is -0.0958. The van der Waals surface area contributed by atoms with Crippen LogP contribution in [0.4, 0.5) is 10.1 Å². The van der Waals surface area contributed by atoms with E-state index in [9.17, 15) is 12.8 Å². The minimum atomic E-state index is -3.81. The van der Waals surface area contributed by atoms with Crippen LogP contribution in [-0.4, -0.2) is 13.5 Å². The Morgan fingerprint density at radius 2 is 1.80 bits per heavy atom. The number of aliphatic hydroxyl groups excluding tert-OH is 1. The molecule has 0 aliphatic heterocycles. The fourth-order valence-corrected chi connectivity index (χ4v) is 3.04. The van der Waals surface area contributed by atoms with Gasteiger partial charge < -0.3 is 5.11 Å². The molecular weight excluding hydrogens is 396 g/mol. The van der Waals surface area contributed by atoms with E-state index in [0.717, 1.165) is 21.8 Å². The second kappa shape index (κ2) is 6.06. The van der Waals surface area contributed by atoms with Crippen molar-refractivity contribution in [2.24, 2.45) is 0 Å². The van der Waals surface area contributed by atoms with Gasteiger partial charge in [0.05, 0.1) is 11.5 Å². The maximum absolute atomic E-state index is 13.3. The Balaban J connectivity index is 2.33. The second-order valence-corrected chi connectivity index (χ2v) is 6.95. The SMILES string of the molecule is O=S(=O)(Nc1ccc(I)cc1)c1ccc(F)c(CO)c1. The van der Waals surface area contributed by atoms with Gasteiger partial charge >= 0.3 is 0 Å². The third kappa shape index (κ3) is 3.47. The molecule has 0 fully saturated rings. The third-order valence-corrected chi connectivity index (χ3v) is 4.69. The van der Waals surface area contributed by atoms with Gasteiger partial charge in [0.25, 0.3) is 10.0 Å². The molecule has 20 heavy (non-hydrogen) atoms. The standard InChI is InChI=1S/C13H11FINO3S/c14-13-6-5-12(7-9(13)8-17)20(18,19)16-11-3-1-10(15)2-4-11/h1-7,16-17H,8H2. The van der Waals surface area contributed by atoms with Crippen molar-refractivity contribution in [1.29, 1.82) is 0 Å². The Bertz CT molecular complexity index is 717. The van der Waals surface area contributed by atoms with E-state index in [0.29, 0.717) is 5.69 Å². The Kier molecular flexibility index (Phi) is 4.61. The van der Waals surface area contributed by atoms with Crippen LogP contribution in [-0.2, 0) is 16.6 Å². The molecule has 0 unspecified atom stereocenters. The number of sulfonamides is 1. The average Bonchev–Trinajstić information content (AvgIpc) is 2.41. The molecule has 0 saturated carbocycles. The summed E-state index contributed by atoms with van der Waals surface area (Å²) in [5.41, 5.74) is 0.357. The maximum Gasteiger partial charge on any atom is 0.261 e. The summed E-state index contributed by atoms with van der Waals surface area (Å²) >= 11 is 2.11. The van der Waals surface area contributed by atoms with Crippen LogP contribution >= 0.6 is 22.6 Å². The second-order valence-electron chi connectivity index (χ2n) is 4.02. The highest BCUT2D eigenvalue weighted by Crippen LogP contribution is 2.19. The third-order valence-electron chi connectivity index (χ3n) is 2.59. The molecular formula is C13H11FINO3S. The van der Waals surface area contributed by atoms with Gasteiger partial charge in [0.2, 0.25) is 0 Å². The summed E-state index contributed by atoms with van der Waals surface area (Å²) in [5, 5.41) is 8.97. The Morgan fingerprint density at radius 1 is 1.15 bits per heavy atom. The summed E-state index contributed by atoms with van der Waals surface area (Å²) in [6.07, 6.45) is 0. The molecule has 0 bridgehead atoms. The molecule has 0 amide bonds. The average molecular weight is 407 g/mol. The summed E-state index contributed by atoms with van der Waals surface area (Å²) in [6, 6.07) is 10.1. The van der Waals surface area contributed by atoms with E-state index in [4.69, 9.17) is 5.11 Å². The Hall–Kier alpha value is -1.19. The van der Waals surface area contributed by atoms with Crippen LogP contribution in [0.3, 0.4) is 0 Å². The monoisotopic (exact) mass is 407 g/mol. The van der Waals surface area contributed by atoms with Crippen molar-refractivity contribution in [3.63, 3.8) is 0 Å². The minimum absolute atomic E-state index is 0.0597. The van der Waals surface area contributed by atoms with Crippen molar-refractivity contribution in [2.45, 2.75) is 11.5 Å². The fourth-order valence-electron chi connectivity index (χ4n) is 1.57. The van der Waals surface area contributed by atoms with Crippen molar-refractivity contribution in [3.05, 3.63) is 57.4 Å². The largest absolute Gasteiger partial charge is 0.392 e. The van der Waals surface area contributed by atoms with Crippen molar-refractivity contribution in [1.82, 2.24) is 0 Å². The molecule has 2 rings (SSSR count). The van der Waals surface area contributed by atoms with Crippen LogP contribution in [0.2, 0.25) is 0 Å². The first kappa shape index (κ1) is 15.2. The van der Waals surface area contributed by atoms with E-state index in [-0.39, 0.29) is 10.5 Å². The molecule has 2 N–H and O–H groups in total. The van der Waals surface area contributed by atoms with E-state index in [2.05, 4.69) is 27.3 Å². The summed E-state index contributed by atoms with van der Waals surface area (Å²) in [5.74, 6) is -0.638. The van der Waals surface area contributed by atoms with E-state index in [1.165, 1.54) is 0 Å². The first-order valence-corrected chi connectivity index (χ1v) is 8.16. The molecule has 0 saturated heterocycles. The van der Waals surface area contributed by atoms with E-state index < -0.39 is 22.4 Å². The number of benzene rings is 2. The number of aliphatic hydroxyl groups is 1. The van der Waals surface area contributed by atoms with E-state index in [1.807, 2.05) is 0 Å². The first-order chi connectivity index (χ1) is 9.42. The van der Waals surface area contributed by atoms with Crippen molar-refractivity contribution >= 4 is 38.3 Å². The zero-order valence-corrected chi connectivity index (χ0v) is 13.2. The Morgan fingerprint density at radius 3 is 2.40 bits per heavy atom. The highest BCUT2D eigenvalue weighted by atomic mass is 127. The number of halogens is 2. The number of nitrogens with one attached hydrogen (secondary N) is 1. The molecule has 0 aromatic heterocycles. The number of hydrogen-bond donors (Lipinski definition) is 2. The quantitative estimate of drug-likeness (QED) is 0.767. The maximum atomic E-state index is 13.3. The summed E-state index contributed by atoms with van der Waals surface area (Å²) in [7, 11) is -3.81. The zero-order chi connectivity index (χ0) is 14.8. The molecule has 0 aliphatic rings. The van der Waals surface area contributed by atoms with Crippen LogP contribution < -0.4 is 4.72 Å². The normalized spacial score (nSPS) is 11.3. The molecule has 0 radical (unpaired) electrons.